The number of thiazole rings is 1. The van der Waals surface area contributed by atoms with Crippen LogP contribution in [0.4, 0.5) is 16.2 Å². The molecular formula is C13H14N4O3S. The quantitative estimate of drug-likeness (QED) is 0.655. The number of carbonyl (C=O) groups is 1. The minimum atomic E-state index is -0.471. The predicted molar refractivity (Wildman–Crippen MR) is 80.7 cm³/mol. The fraction of sp³-hybridized carbons (Fsp3) is 0.231. The molecule has 2 rings (SSSR count). The first kappa shape index (κ1) is 14.9. The summed E-state index contributed by atoms with van der Waals surface area (Å²) in [6.45, 7) is 2.05. The molecule has 0 fully saturated rings. The number of amides is 2. The monoisotopic (exact) mass is 306 g/mol. The van der Waals surface area contributed by atoms with Crippen LogP contribution in [-0.2, 0) is 6.42 Å². The molecule has 0 saturated heterocycles. The second-order valence-corrected chi connectivity index (χ2v) is 5.24. The molecule has 0 saturated carbocycles. The van der Waals surface area contributed by atoms with Gasteiger partial charge in [0, 0.05) is 30.6 Å². The van der Waals surface area contributed by atoms with Crippen LogP contribution in [0.3, 0.4) is 0 Å². The van der Waals surface area contributed by atoms with Crippen molar-refractivity contribution in [1.29, 1.82) is 0 Å². The molecule has 0 bridgehead atoms. The third-order valence-corrected chi connectivity index (χ3v) is 3.70. The van der Waals surface area contributed by atoms with Crippen molar-refractivity contribution in [1.82, 2.24) is 10.3 Å². The number of anilines is 1. The van der Waals surface area contributed by atoms with E-state index in [1.54, 1.807) is 19.2 Å². The van der Waals surface area contributed by atoms with Crippen LogP contribution in [0.2, 0.25) is 0 Å². The van der Waals surface area contributed by atoms with Crippen LogP contribution in [0.15, 0.2) is 29.8 Å². The summed E-state index contributed by atoms with van der Waals surface area (Å²) in [5, 5.41) is 19.0. The Hall–Kier alpha value is -2.48. The first-order valence-corrected chi connectivity index (χ1v) is 7.13. The van der Waals surface area contributed by atoms with Crippen LogP contribution < -0.4 is 10.6 Å². The zero-order chi connectivity index (χ0) is 15.2. The SMILES string of the molecule is Cc1c(NC(=O)NCCc2nccs2)cccc1[N+](=O)[O-]. The van der Waals surface area contributed by atoms with Gasteiger partial charge in [0.2, 0.25) is 0 Å². The number of nitrogens with one attached hydrogen (secondary N) is 2. The lowest BCUT2D eigenvalue weighted by Gasteiger charge is -2.09. The van der Waals surface area contributed by atoms with Gasteiger partial charge in [-0.3, -0.25) is 10.1 Å². The van der Waals surface area contributed by atoms with Gasteiger partial charge < -0.3 is 10.6 Å². The zero-order valence-corrected chi connectivity index (χ0v) is 12.1. The maximum atomic E-state index is 11.8. The average Bonchev–Trinajstić information content (AvgIpc) is 2.94. The minimum Gasteiger partial charge on any atom is -0.337 e. The molecule has 8 heteroatoms. The van der Waals surface area contributed by atoms with Crippen LogP contribution in [0.5, 0.6) is 0 Å². The molecule has 1 aromatic heterocycles. The summed E-state index contributed by atoms with van der Waals surface area (Å²) < 4.78 is 0. The van der Waals surface area contributed by atoms with E-state index in [0.717, 1.165) is 5.01 Å². The Labute approximate surface area is 125 Å². The van der Waals surface area contributed by atoms with E-state index >= 15 is 0 Å². The molecule has 0 aliphatic rings. The lowest BCUT2D eigenvalue weighted by molar-refractivity contribution is -0.385. The number of rotatable bonds is 5. The highest BCUT2D eigenvalue weighted by Crippen LogP contribution is 2.24. The Morgan fingerprint density at radius 2 is 2.29 bits per heavy atom. The Morgan fingerprint density at radius 1 is 1.48 bits per heavy atom. The molecule has 7 nitrogen and oxygen atoms in total. The Balaban J connectivity index is 1.90. The standard InChI is InChI=1S/C13H14N4O3S/c1-9-10(3-2-4-11(9)17(19)20)16-13(18)15-6-5-12-14-7-8-21-12/h2-4,7-8H,5-6H2,1H3,(H2,15,16,18). The van der Waals surface area contributed by atoms with Gasteiger partial charge in [0.15, 0.2) is 0 Å². The van der Waals surface area contributed by atoms with Crippen LogP contribution in [0, 0.1) is 17.0 Å². The van der Waals surface area contributed by atoms with Crippen molar-refractivity contribution in [3.05, 3.63) is 50.5 Å². The van der Waals surface area contributed by atoms with Gasteiger partial charge in [-0.2, -0.15) is 0 Å². The molecule has 1 heterocycles. The highest BCUT2D eigenvalue weighted by molar-refractivity contribution is 7.09. The van der Waals surface area contributed by atoms with Crippen LogP contribution in [-0.4, -0.2) is 22.5 Å². The van der Waals surface area contributed by atoms with Crippen molar-refractivity contribution in [2.24, 2.45) is 0 Å². The van der Waals surface area contributed by atoms with E-state index in [1.807, 2.05) is 5.38 Å². The molecule has 0 radical (unpaired) electrons. The lowest BCUT2D eigenvalue weighted by Crippen LogP contribution is -2.30. The van der Waals surface area contributed by atoms with Gasteiger partial charge in [0.25, 0.3) is 5.69 Å². The van der Waals surface area contributed by atoms with E-state index in [-0.39, 0.29) is 5.69 Å². The topological polar surface area (TPSA) is 97.2 Å². The van der Waals surface area contributed by atoms with Gasteiger partial charge in [-0.25, -0.2) is 9.78 Å². The summed E-state index contributed by atoms with van der Waals surface area (Å²) in [7, 11) is 0. The van der Waals surface area contributed by atoms with Crippen molar-refractivity contribution in [3.8, 4) is 0 Å². The number of benzene rings is 1. The van der Waals surface area contributed by atoms with E-state index < -0.39 is 11.0 Å². The molecule has 0 spiro atoms. The fourth-order valence-corrected chi connectivity index (χ4v) is 2.40. The molecule has 2 N–H and O–H groups in total. The third kappa shape index (κ3) is 3.99. The van der Waals surface area contributed by atoms with E-state index in [0.29, 0.717) is 24.2 Å². The van der Waals surface area contributed by atoms with Gasteiger partial charge in [-0.05, 0) is 13.0 Å². The first-order chi connectivity index (χ1) is 10.1. The molecule has 21 heavy (non-hydrogen) atoms. The summed E-state index contributed by atoms with van der Waals surface area (Å²) in [6, 6.07) is 4.18. The molecule has 0 aliphatic heterocycles. The first-order valence-electron chi connectivity index (χ1n) is 6.25. The second kappa shape index (κ2) is 6.80. The van der Waals surface area contributed by atoms with Crippen molar-refractivity contribution < 1.29 is 9.72 Å². The normalized spacial score (nSPS) is 10.1. The van der Waals surface area contributed by atoms with Crippen molar-refractivity contribution >= 4 is 28.7 Å². The number of nitro groups is 1. The van der Waals surface area contributed by atoms with Crippen LogP contribution >= 0.6 is 11.3 Å². The van der Waals surface area contributed by atoms with Gasteiger partial charge in [0.05, 0.1) is 21.2 Å². The van der Waals surface area contributed by atoms with Gasteiger partial charge in [-0.15, -0.1) is 11.3 Å². The summed E-state index contributed by atoms with van der Waals surface area (Å²) >= 11 is 1.53. The number of nitrogens with zero attached hydrogens (tertiary/aromatic N) is 2. The maximum absolute atomic E-state index is 11.8. The smallest absolute Gasteiger partial charge is 0.319 e. The van der Waals surface area contributed by atoms with Gasteiger partial charge >= 0.3 is 6.03 Å². The molecule has 0 aliphatic carbocycles. The zero-order valence-electron chi connectivity index (χ0n) is 11.3. The molecule has 110 valence electrons. The number of aromatic nitrogens is 1. The van der Waals surface area contributed by atoms with E-state index in [1.165, 1.54) is 23.5 Å². The largest absolute Gasteiger partial charge is 0.337 e. The van der Waals surface area contributed by atoms with E-state index in [4.69, 9.17) is 0 Å². The predicted octanol–water partition coefficient (Wildman–Crippen LogP) is 2.72. The maximum Gasteiger partial charge on any atom is 0.319 e. The summed E-state index contributed by atoms with van der Waals surface area (Å²) in [6.07, 6.45) is 2.37. The Bertz CT molecular complexity index is 643. The number of hydrogen-bond acceptors (Lipinski definition) is 5. The van der Waals surface area contributed by atoms with E-state index in [2.05, 4.69) is 15.6 Å². The number of carbonyl (C=O) groups excluding carboxylic acids is 1. The number of urea groups is 1. The molecule has 0 unspecified atom stereocenters. The average molecular weight is 306 g/mol. The Kier molecular flexibility index (Phi) is 4.83. The number of hydrogen-bond donors (Lipinski definition) is 2. The lowest BCUT2D eigenvalue weighted by atomic mass is 10.1. The summed E-state index contributed by atoms with van der Waals surface area (Å²) in [5.41, 5.74) is 0.837. The highest BCUT2D eigenvalue weighted by atomic mass is 32.1. The van der Waals surface area contributed by atoms with Crippen LogP contribution in [0.25, 0.3) is 0 Å². The Morgan fingerprint density at radius 3 is 2.95 bits per heavy atom. The molecular weight excluding hydrogens is 292 g/mol. The van der Waals surface area contributed by atoms with Crippen molar-refractivity contribution in [2.45, 2.75) is 13.3 Å². The molecule has 0 atom stereocenters. The third-order valence-electron chi connectivity index (χ3n) is 2.86. The minimum absolute atomic E-state index is 0.0180. The fourth-order valence-electron chi connectivity index (χ4n) is 1.78. The van der Waals surface area contributed by atoms with Crippen molar-refractivity contribution in [3.63, 3.8) is 0 Å². The van der Waals surface area contributed by atoms with Crippen molar-refractivity contribution in [2.75, 3.05) is 11.9 Å². The molecule has 2 aromatic rings. The second-order valence-electron chi connectivity index (χ2n) is 4.26. The highest BCUT2D eigenvalue weighted by Gasteiger charge is 2.14. The summed E-state index contributed by atoms with van der Waals surface area (Å²) in [4.78, 5) is 26.2. The van der Waals surface area contributed by atoms with E-state index in [9.17, 15) is 14.9 Å². The molecule has 1 aromatic carbocycles. The van der Waals surface area contributed by atoms with Gasteiger partial charge in [-0.1, -0.05) is 6.07 Å². The van der Waals surface area contributed by atoms with Gasteiger partial charge in [0.1, 0.15) is 0 Å². The van der Waals surface area contributed by atoms with Crippen LogP contribution in [0.1, 0.15) is 10.6 Å². The summed E-state index contributed by atoms with van der Waals surface area (Å²) in [5.74, 6) is 0. The number of nitro benzene ring substituents is 1. The molecule has 2 amide bonds.